The van der Waals surface area contributed by atoms with Crippen LogP contribution in [0.5, 0.6) is 0 Å². The standard InChI is InChI=1S/C27H27N3.2CH4/c1-14(2)24-12-23-22-9-18-8-17-7-16(26-13-28-27(30-26)15(3)4)5-6-20(17)21(18)10-19(22)11-25(23)29-24;;/h5-7,9-10,13-15H,8,11-12H2,1-4H3,(H,28,30);2*1H4. The van der Waals surface area contributed by atoms with Gasteiger partial charge >= 0.3 is 0 Å². The number of benzene rings is 2. The lowest BCUT2D eigenvalue weighted by Gasteiger charge is -2.11. The molecule has 1 aliphatic heterocycles. The zero-order chi connectivity index (χ0) is 20.6. The van der Waals surface area contributed by atoms with Crippen molar-refractivity contribution in [3.8, 4) is 22.4 Å². The number of aromatic amines is 1. The molecule has 0 radical (unpaired) electrons. The molecule has 0 fully saturated rings. The van der Waals surface area contributed by atoms with Crippen molar-refractivity contribution in [1.82, 2.24) is 9.97 Å². The van der Waals surface area contributed by atoms with Gasteiger partial charge in [-0.05, 0) is 69.0 Å². The van der Waals surface area contributed by atoms with Crippen LogP contribution in [-0.2, 0) is 12.8 Å². The maximum absolute atomic E-state index is 4.96. The number of allylic oxidation sites excluding steroid dienone is 2. The molecule has 0 bridgehead atoms. The van der Waals surface area contributed by atoms with Gasteiger partial charge in [0.1, 0.15) is 5.82 Å². The Bertz CT molecular complexity index is 1270. The first-order valence-corrected chi connectivity index (χ1v) is 11.1. The first-order chi connectivity index (χ1) is 14.5. The van der Waals surface area contributed by atoms with Crippen molar-refractivity contribution < 1.29 is 0 Å². The van der Waals surface area contributed by atoms with E-state index in [9.17, 15) is 0 Å². The third-order valence-electron chi connectivity index (χ3n) is 6.89. The zero-order valence-corrected chi connectivity index (χ0v) is 18.1. The lowest BCUT2D eigenvalue weighted by molar-refractivity contribution is 0.795. The Morgan fingerprint density at radius 1 is 0.781 bits per heavy atom. The molecule has 32 heavy (non-hydrogen) atoms. The van der Waals surface area contributed by atoms with Gasteiger partial charge in [-0.15, -0.1) is 0 Å². The minimum Gasteiger partial charge on any atom is -0.342 e. The molecule has 1 N–H and O–H groups in total. The highest BCUT2D eigenvalue weighted by Crippen LogP contribution is 2.46. The monoisotopic (exact) mass is 425 g/mol. The Labute approximate surface area is 192 Å². The van der Waals surface area contributed by atoms with Crippen molar-refractivity contribution in [2.45, 2.75) is 67.7 Å². The highest BCUT2D eigenvalue weighted by molar-refractivity contribution is 6.03. The molecule has 0 spiro atoms. The molecule has 1 aromatic heterocycles. The number of H-pyrrole nitrogens is 1. The summed E-state index contributed by atoms with van der Waals surface area (Å²) in [5.74, 6) is 2.00. The number of hydrogen-bond donors (Lipinski definition) is 1. The minimum atomic E-state index is 0. The van der Waals surface area contributed by atoms with E-state index in [1.807, 2.05) is 6.20 Å². The number of fused-ring (bicyclic) bond motifs is 5. The molecule has 3 heteroatoms. The quantitative estimate of drug-likeness (QED) is 0.357. The molecular formula is C29H35N3. The van der Waals surface area contributed by atoms with Crippen LogP contribution < -0.4 is 0 Å². The van der Waals surface area contributed by atoms with E-state index in [2.05, 4.69) is 68.0 Å². The molecule has 6 rings (SSSR count). The predicted molar refractivity (Wildman–Crippen MR) is 137 cm³/mol. The number of imidazole rings is 1. The summed E-state index contributed by atoms with van der Waals surface area (Å²) < 4.78 is 0. The van der Waals surface area contributed by atoms with E-state index in [0.29, 0.717) is 11.8 Å². The molecule has 2 aromatic carbocycles. The highest BCUT2D eigenvalue weighted by Gasteiger charge is 2.31. The van der Waals surface area contributed by atoms with Crippen molar-refractivity contribution >= 4 is 11.3 Å². The topological polar surface area (TPSA) is 41.0 Å². The van der Waals surface area contributed by atoms with Gasteiger partial charge in [-0.1, -0.05) is 60.7 Å². The van der Waals surface area contributed by atoms with E-state index < -0.39 is 0 Å². The van der Waals surface area contributed by atoms with Crippen LogP contribution in [0.15, 0.2) is 47.2 Å². The van der Waals surface area contributed by atoms with Crippen LogP contribution in [0.1, 0.15) is 83.0 Å². The van der Waals surface area contributed by atoms with E-state index in [-0.39, 0.29) is 14.9 Å². The first-order valence-electron chi connectivity index (χ1n) is 11.1. The summed E-state index contributed by atoms with van der Waals surface area (Å²) in [5.41, 5.74) is 15.1. The van der Waals surface area contributed by atoms with E-state index >= 15 is 0 Å². The number of aromatic nitrogens is 2. The molecule has 3 aromatic rings. The van der Waals surface area contributed by atoms with Gasteiger partial charge < -0.3 is 4.98 Å². The number of nitrogens with zero attached hydrogens (tertiary/aromatic N) is 2. The minimum absolute atomic E-state index is 0. The molecule has 0 amide bonds. The van der Waals surface area contributed by atoms with Crippen LogP contribution in [0.4, 0.5) is 0 Å². The largest absolute Gasteiger partial charge is 0.342 e. The predicted octanol–water partition coefficient (Wildman–Crippen LogP) is 7.81. The summed E-state index contributed by atoms with van der Waals surface area (Å²) in [6.45, 7) is 8.84. The summed E-state index contributed by atoms with van der Waals surface area (Å²) in [5, 5.41) is 0. The molecule has 3 aliphatic rings. The molecule has 166 valence electrons. The molecule has 2 heterocycles. The summed E-state index contributed by atoms with van der Waals surface area (Å²) in [7, 11) is 0. The Morgan fingerprint density at radius 2 is 1.50 bits per heavy atom. The van der Waals surface area contributed by atoms with Crippen molar-refractivity contribution in [3.05, 3.63) is 70.3 Å². The van der Waals surface area contributed by atoms with Crippen LogP contribution in [0, 0.1) is 5.92 Å². The molecule has 0 saturated carbocycles. The second-order valence-corrected chi connectivity index (χ2v) is 9.59. The fraction of sp³-hybridized carbons (Fsp3) is 0.379. The van der Waals surface area contributed by atoms with Gasteiger partial charge in [0.25, 0.3) is 0 Å². The average molecular weight is 426 g/mol. The second kappa shape index (κ2) is 7.88. The molecule has 3 nitrogen and oxygen atoms in total. The maximum Gasteiger partial charge on any atom is 0.109 e. The van der Waals surface area contributed by atoms with Gasteiger partial charge in [0.15, 0.2) is 0 Å². The summed E-state index contributed by atoms with van der Waals surface area (Å²) in [6, 6.07) is 11.8. The number of rotatable bonds is 3. The zero-order valence-electron chi connectivity index (χ0n) is 18.1. The molecule has 0 unspecified atom stereocenters. The summed E-state index contributed by atoms with van der Waals surface area (Å²) in [4.78, 5) is 13.0. The number of aliphatic imine (C=N–C) groups is 1. The Kier molecular flexibility index (Phi) is 5.48. The smallest absolute Gasteiger partial charge is 0.109 e. The van der Waals surface area contributed by atoms with Crippen LogP contribution in [0.3, 0.4) is 0 Å². The molecule has 0 saturated heterocycles. The van der Waals surface area contributed by atoms with Crippen molar-refractivity contribution in [3.63, 3.8) is 0 Å². The molecular weight excluding hydrogens is 390 g/mol. The van der Waals surface area contributed by atoms with Crippen molar-refractivity contribution in [2.24, 2.45) is 10.9 Å². The SMILES string of the molecule is C.C.CC(C)C1=NC2=C(C1)c1cc3c(cc1C2)-c1ccc(-c2cnc(C(C)C)[nH]2)cc1C3. The number of hydrogen-bond acceptors (Lipinski definition) is 2. The Hall–Kier alpha value is -2.94. The molecule has 0 atom stereocenters. The van der Waals surface area contributed by atoms with E-state index in [1.165, 1.54) is 55.9 Å². The fourth-order valence-corrected chi connectivity index (χ4v) is 5.14. The lowest BCUT2D eigenvalue weighted by atomic mass is 9.93. The lowest BCUT2D eigenvalue weighted by Crippen LogP contribution is -2.05. The summed E-state index contributed by atoms with van der Waals surface area (Å²) in [6.07, 6.45) is 5.01. The van der Waals surface area contributed by atoms with Crippen LogP contribution in [0.25, 0.3) is 28.0 Å². The highest BCUT2D eigenvalue weighted by atomic mass is 14.9. The third-order valence-corrected chi connectivity index (χ3v) is 6.89. The van der Waals surface area contributed by atoms with E-state index in [1.54, 1.807) is 0 Å². The van der Waals surface area contributed by atoms with Crippen LogP contribution in [0.2, 0.25) is 0 Å². The van der Waals surface area contributed by atoms with Crippen molar-refractivity contribution in [1.29, 1.82) is 0 Å². The Morgan fingerprint density at radius 3 is 2.22 bits per heavy atom. The normalized spacial score (nSPS) is 15.2. The Balaban J connectivity index is 0.00000122. The first kappa shape index (κ1) is 22.3. The third kappa shape index (κ3) is 3.26. The molecule has 2 aliphatic carbocycles. The van der Waals surface area contributed by atoms with Gasteiger partial charge in [-0.2, -0.15) is 0 Å². The second-order valence-electron chi connectivity index (χ2n) is 9.59. The van der Waals surface area contributed by atoms with Gasteiger partial charge in [0.2, 0.25) is 0 Å². The van der Waals surface area contributed by atoms with E-state index in [0.717, 1.165) is 30.8 Å². The van der Waals surface area contributed by atoms with Gasteiger partial charge in [-0.3, -0.25) is 4.99 Å². The van der Waals surface area contributed by atoms with Crippen LogP contribution in [-0.4, -0.2) is 15.7 Å². The number of nitrogens with one attached hydrogen (secondary N) is 1. The average Bonchev–Trinajstić information content (AvgIpc) is 3.47. The fourth-order valence-electron chi connectivity index (χ4n) is 5.14. The van der Waals surface area contributed by atoms with Gasteiger partial charge in [-0.25, -0.2) is 4.98 Å². The van der Waals surface area contributed by atoms with E-state index in [4.69, 9.17) is 4.99 Å². The summed E-state index contributed by atoms with van der Waals surface area (Å²) >= 11 is 0. The van der Waals surface area contributed by atoms with Crippen molar-refractivity contribution in [2.75, 3.05) is 0 Å². The van der Waals surface area contributed by atoms with Crippen LogP contribution >= 0.6 is 0 Å². The van der Waals surface area contributed by atoms with Gasteiger partial charge in [0, 0.05) is 30.2 Å². The maximum atomic E-state index is 4.96. The van der Waals surface area contributed by atoms with Gasteiger partial charge in [0.05, 0.1) is 11.9 Å².